The Balaban J connectivity index is 1.64. The van der Waals surface area contributed by atoms with Crippen LogP contribution in [0.5, 0.6) is 0 Å². The van der Waals surface area contributed by atoms with Crippen LogP contribution in [0.2, 0.25) is 0 Å². The van der Waals surface area contributed by atoms with Gasteiger partial charge in [-0.2, -0.15) is 0 Å². The molecular weight excluding hydrogens is 414 g/mol. The lowest BCUT2D eigenvalue weighted by Crippen LogP contribution is -2.49. The quantitative estimate of drug-likeness (QED) is 0.368. The summed E-state index contributed by atoms with van der Waals surface area (Å²) < 4.78 is 27.3. The monoisotopic (exact) mass is 442 g/mol. The van der Waals surface area contributed by atoms with Crippen molar-refractivity contribution >= 4 is 5.91 Å². The van der Waals surface area contributed by atoms with Crippen molar-refractivity contribution in [3.63, 3.8) is 0 Å². The third kappa shape index (κ3) is 7.25. The summed E-state index contributed by atoms with van der Waals surface area (Å²) in [5.41, 5.74) is 3.29. The van der Waals surface area contributed by atoms with E-state index in [1.54, 1.807) is 6.20 Å². The van der Waals surface area contributed by atoms with Gasteiger partial charge < -0.3 is 20.7 Å². The summed E-state index contributed by atoms with van der Waals surface area (Å²) in [6, 6.07) is 10.6. The number of imidazole rings is 1. The standard InChI is InChI=1S/C24H28F2N4O2/c1-2-16-4-3-5-17(6-16)12-27-14-23(31)22(9-18-7-19(25)10-20(26)8-18)30-24(32)11-21-13-28-15-29-21/h3-8,10,13,15,22-23,27,31H,2,9,11-12,14H2,1H3,(H,28,29)(H,30,32). The zero-order valence-corrected chi connectivity index (χ0v) is 17.9. The van der Waals surface area contributed by atoms with Crippen LogP contribution in [0.1, 0.15) is 29.3 Å². The van der Waals surface area contributed by atoms with Crippen molar-refractivity contribution in [1.82, 2.24) is 20.6 Å². The number of benzene rings is 2. The van der Waals surface area contributed by atoms with E-state index >= 15 is 0 Å². The summed E-state index contributed by atoms with van der Waals surface area (Å²) in [6.45, 7) is 2.83. The Kier molecular flexibility index (Phi) is 8.47. The number of aromatic amines is 1. The Morgan fingerprint density at radius 3 is 2.56 bits per heavy atom. The van der Waals surface area contributed by atoms with Crippen molar-refractivity contribution in [3.8, 4) is 0 Å². The Morgan fingerprint density at radius 1 is 1.12 bits per heavy atom. The van der Waals surface area contributed by atoms with Crippen LogP contribution < -0.4 is 10.6 Å². The van der Waals surface area contributed by atoms with Gasteiger partial charge in [-0.15, -0.1) is 0 Å². The van der Waals surface area contributed by atoms with Gasteiger partial charge in [0.15, 0.2) is 0 Å². The number of amides is 1. The van der Waals surface area contributed by atoms with E-state index in [0.29, 0.717) is 17.8 Å². The Bertz CT molecular complexity index is 991. The fraction of sp³-hybridized carbons (Fsp3) is 0.333. The van der Waals surface area contributed by atoms with E-state index in [1.165, 1.54) is 24.0 Å². The minimum atomic E-state index is -0.971. The minimum Gasteiger partial charge on any atom is -0.390 e. The number of nitrogens with zero attached hydrogens (tertiary/aromatic N) is 1. The molecule has 4 N–H and O–H groups in total. The van der Waals surface area contributed by atoms with Crippen molar-refractivity contribution in [3.05, 3.63) is 89.0 Å². The summed E-state index contributed by atoms with van der Waals surface area (Å²) >= 11 is 0. The number of aromatic nitrogens is 2. The van der Waals surface area contributed by atoms with E-state index in [2.05, 4.69) is 39.7 Å². The van der Waals surface area contributed by atoms with Crippen molar-refractivity contribution in [2.45, 2.75) is 44.9 Å². The number of aliphatic hydroxyl groups excluding tert-OH is 1. The molecule has 0 aliphatic rings. The fourth-order valence-electron chi connectivity index (χ4n) is 3.54. The van der Waals surface area contributed by atoms with Crippen LogP contribution in [0.4, 0.5) is 8.78 Å². The van der Waals surface area contributed by atoms with Crippen molar-refractivity contribution in [1.29, 1.82) is 0 Å². The number of hydrogen-bond acceptors (Lipinski definition) is 4. The molecule has 2 aromatic carbocycles. The molecule has 2 unspecified atom stereocenters. The molecule has 0 aliphatic carbocycles. The highest BCUT2D eigenvalue weighted by Crippen LogP contribution is 2.12. The SMILES string of the molecule is CCc1cccc(CNCC(O)C(Cc2cc(F)cc(F)c2)NC(=O)Cc2cnc[nH]2)c1. The number of nitrogens with one attached hydrogen (secondary N) is 3. The second kappa shape index (κ2) is 11.5. The van der Waals surface area contributed by atoms with E-state index in [4.69, 9.17) is 0 Å². The maximum absolute atomic E-state index is 13.6. The van der Waals surface area contributed by atoms with Gasteiger partial charge in [0.1, 0.15) is 11.6 Å². The van der Waals surface area contributed by atoms with Crippen LogP contribution in [0, 0.1) is 11.6 Å². The maximum atomic E-state index is 13.6. The highest BCUT2D eigenvalue weighted by Gasteiger charge is 2.22. The molecule has 0 spiro atoms. The molecule has 6 nitrogen and oxygen atoms in total. The summed E-state index contributed by atoms with van der Waals surface area (Å²) in [7, 11) is 0. The molecule has 2 atom stereocenters. The van der Waals surface area contributed by atoms with E-state index in [9.17, 15) is 18.7 Å². The van der Waals surface area contributed by atoms with Crippen molar-refractivity contribution in [2.75, 3.05) is 6.54 Å². The molecule has 0 fully saturated rings. The van der Waals surface area contributed by atoms with Gasteiger partial charge in [0.25, 0.3) is 0 Å². The maximum Gasteiger partial charge on any atom is 0.226 e. The van der Waals surface area contributed by atoms with E-state index in [1.807, 2.05) is 12.1 Å². The smallest absolute Gasteiger partial charge is 0.226 e. The van der Waals surface area contributed by atoms with Gasteiger partial charge in [-0.3, -0.25) is 4.79 Å². The molecule has 32 heavy (non-hydrogen) atoms. The molecule has 170 valence electrons. The summed E-state index contributed by atoms with van der Waals surface area (Å²) in [4.78, 5) is 19.2. The number of carbonyl (C=O) groups is 1. The lowest BCUT2D eigenvalue weighted by atomic mass is 10.00. The number of hydrogen-bond donors (Lipinski definition) is 4. The molecule has 1 heterocycles. The fourth-order valence-corrected chi connectivity index (χ4v) is 3.54. The Labute approximate surface area is 186 Å². The average Bonchev–Trinajstić information content (AvgIpc) is 3.25. The lowest BCUT2D eigenvalue weighted by molar-refractivity contribution is -0.122. The van der Waals surface area contributed by atoms with Gasteiger partial charge in [-0.05, 0) is 41.7 Å². The highest BCUT2D eigenvalue weighted by atomic mass is 19.1. The summed E-state index contributed by atoms with van der Waals surface area (Å²) in [5.74, 6) is -1.73. The zero-order valence-electron chi connectivity index (χ0n) is 17.9. The lowest BCUT2D eigenvalue weighted by Gasteiger charge is -2.25. The van der Waals surface area contributed by atoms with E-state index in [0.717, 1.165) is 18.1 Å². The molecule has 0 radical (unpaired) electrons. The molecule has 0 saturated heterocycles. The van der Waals surface area contributed by atoms with Crippen LogP contribution in [-0.4, -0.2) is 39.7 Å². The van der Waals surface area contributed by atoms with E-state index < -0.39 is 23.8 Å². The first-order chi connectivity index (χ1) is 15.4. The third-order valence-corrected chi connectivity index (χ3v) is 5.18. The number of H-pyrrole nitrogens is 1. The third-order valence-electron chi connectivity index (χ3n) is 5.18. The second-order valence-electron chi connectivity index (χ2n) is 7.78. The van der Waals surface area contributed by atoms with Crippen LogP contribution >= 0.6 is 0 Å². The number of aryl methyl sites for hydroxylation is 1. The molecule has 0 aliphatic heterocycles. The predicted octanol–water partition coefficient (Wildman–Crippen LogP) is 2.67. The van der Waals surface area contributed by atoms with Gasteiger partial charge in [-0.25, -0.2) is 13.8 Å². The minimum absolute atomic E-state index is 0.0535. The Morgan fingerprint density at radius 2 is 1.88 bits per heavy atom. The first kappa shape index (κ1) is 23.6. The molecule has 3 aromatic rings. The number of halogens is 2. The molecular formula is C24H28F2N4O2. The van der Waals surface area contributed by atoms with Gasteiger partial charge in [-0.1, -0.05) is 31.2 Å². The van der Waals surface area contributed by atoms with Gasteiger partial charge in [0.2, 0.25) is 5.91 Å². The van der Waals surface area contributed by atoms with Crippen molar-refractivity contribution in [2.24, 2.45) is 0 Å². The molecule has 1 aromatic heterocycles. The summed E-state index contributed by atoms with van der Waals surface area (Å²) in [5, 5.41) is 16.8. The second-order valence-corrected chi connectivity index (χ2v) is 7.78. The van der Waals surface area contributed by atoms with Crippen LogP contribution in [0.15, 0.2) is 55.0 Å². The van der Waals surface area contributed by atoms with Gasteiger partial charge in [0, 0.05) is 31.0 Å². The average molecular weight is 443 g/mol. The largest absolute Gasteiger partial charge is 0.390 e. The van der Waals surface area contributed by atoms with Crippen LogP contribution in [0.3, 0.4) is 0 Å². The van der Waals surface area contributed by atoms with Gasteiger partial charge >= 0.3 is 0 Å². The number of carbonyl (C=O) groups excluding carboxylic acids is 1. The van der Waals surface area contributed by atoms with Crippen LogP contribution in [0.25, 0.3) is 0 Å². The molecule has 8 heteroatoms. The molecule has 0 saturated carbocycles. The number of rotatable bonds is 11. The predicted molar refractivity (Wildman–Crippen MR) is 118 cm³/mol. The topological polar surface area (TPSA) is 90.0 Å². The van der Waals surface area contributed by atoms with Crippen molar-refractivity contribution < 1.29 is 18.7 Å². The number of aliphatic hydroxyl groups is 1. The summed E-state index contributed by atoms with van der Waals surface area (Å²) in [6.07, 6.45) is 3.11. The van der Waals surface area contributed by atoms with Crippen LogP contribution in [-0.2, 0) is 30.6 Å². The van der Waals surface area contributed by atoms with Gasteiger partial charge in [0.05, 0.1) is 24.9 Å². The first-order valence-electron chi connectivity index (χ1n) is 10.6. The highest BCUT2D eigenvalue weighted by molar-refractivity contribution is 5.78. The zero-order chi connectivity index (χ0) is 22.9. The molecule has 1 amide bonds. The molecule has 0 bridgehead atoms. The van der Waals surface area contributed by atoms with E-state index in [-0.39, 0.29) is 25.3 Å². The normalized spacial score (nSPS) is 13.0. The molecule has 3 rings (SSSR count). The first-order valence-corrected chi connectivity index (χ1v) is 10.6. The Hall–Kier alpha value is -3.10.